The number of benzene rings is 7. The lowest BCUT2D eigenvalue weighted by atomic mass is 9.99. The molecule has 0 N–H and O–H groups in total. The van der Waals surface area contributed by atoms with Crippen LogP contribution in [0.5, 0.6) is 0 Å². The second kappa shape index (κ2) is 10.9. The minimum Gasteiger partial charge on any atom is -0.456 e. The highest BCUT2D eigenvalue weighted by atomic mass is 35.5. The first-order valence-corrected chi connectivity index (χ1v) is 16.4. The highest BCUT2D eigenvalue weighted by Crippen LogP contribution is 2.46. The molecule has 0 fully saturated rings. The molecule has 0 aliphatic heterocycles. The summed E-state index contributed by atoms with van der Waals surface area (Å²) in [6.45, 7) is 0. The molecule has 0 amide bonds. The van der Waals surface area contributed by atoms with E-state index < -0.39 is 0 Å². The highest BCUT2D eigenvalue weighted by molar-refractivity contribution is 6.43. The summed E-state index contributed by atoms with van der Waals surface area (Å²) in [5.74, 6) is 1.54. The van der Waals surface area contributed by atoms with Crippen LogP contribution in [-0.2, 0) is 0 Å². The van der Waals surface area contributed by atoms with Crippen LogP contribution in [0.25, 0.3) is 99.9 Å². The van der Waals surface area contributed by atoms with Crippen LogP contribution >= 0.6 is 11.6 Å². The van der Waals surface area contributed by atoms with E-state index in [2.05, 4.69) is 36.4 Å². The molecule has 0 saturated heterocycles. The van der Waals surface area contributed by atoms with Crippen molar-refractivity contribution >= 4 is 66.3 Å². The molecule has 10 rings (SSSR count). The Morgan fingerprint density at radius 1 is 0.408 bits per heavy atom. The lowest BCUT2D eigenvalue weighted by Gasteiger charge is -2.13. The summed E-state index contributed by atoms with van der Waals surface area (Å²) in [6, 6.07) is 48.7. The Morgan fingerprint density at radius 3 is 1.80 bits per heavy atom. The van der Waals surface area contributed by atoms with Crippen LogP contribution in [0.4, 0.5) is 0 Å². The zero-order chi connectivity index (χ0) is 32.5. The van der Waals surface area contributed by atoms with Gasteiger partial charge < -0.3 is 8.83 Å². The molecule has 6 heteroatoms. The zero-order valence-corrected chi connectivity index (χ0v) is 26.6. The number of hydrogen-bond donors (Lipinski definition) is 0. The van der Waals surface area contributed by atoms with Crippen LogP contribution in [0.15, 0.2) is 154 Å². The molecular formula is C43H24ClN3O2. The number of aromatic nitrogens is 3. The van der Waals surface area contributed by atoms with Gasteiger partial charge in [-0.15, -0.1) is 0 Å². The van der Waals surface area contributed by atoms with Gasteiger partial charge in [-0.05, 0) is 40.8 Å². The smallest absolute Gasteiger partial charge is 0.166 e. The van der Waals surface area contributed by atoms with Crippen molar-refractivity contribution in [3.63, 3.8) is 0 Å². The molecule has 0 aliphatic rings. The third-order valence-electron chi connectivity index (χ3n) is 9.21. The van der Waals surface area contributed by atoms with E-state index in [1.807, 2.05) is 109 Å². The maximum absolute atomic E-state index is 7.46. The predicted molar refractivity (Wildman–Crippen MR) is 199 cm³/mol. The van der Waals surface area contributed by atoms with Gasteiger partial charge in [0.05, 0.1) is 5.02 Å². The largest absolute Gasteiger partial charge is 0.456 e. The number of rotatable bonds is 4. The molecule has 10 aromatic rings. The Balaban J connectivity index is 1.30. The Morgan fingerprint density at radius 2 is 0.980 bits per heavy atom. The van der Waals surface area contributed by atoms with Gasteiger partial charge in [0.1, 0.15) is 22.3 Å². The van der Waals surface area contributed by atoms with E-state index in [9.17, 15) is 0 Å². The van der Waals surface area contributed by atoms with Crippen molar-refractivity contribution in [2.45, 2.75) is 0 Å². The normalized spacial score (nSPS) is 11.8. The second-order valence-corrected chi connectivity index (χ2v) is 12.4. The molecule has 7 aromatic carbocycles. The average Bonchev–Trinajstić information content (AvgIpc) is 3.75. The van der Waals surface area contributed by atoms with Crippen LogP contribution < -0.4 is 0 Å². The van der Waals surface area contributed by atoms with Crippen molar-refractivity contribution in [2.24, 2.45) is 0 Å². The van der Waals surface area contributed by atoms with Gasteiger partial charge in [0.15, 0.2) is 17.5 Å². The maximum Gasteiger partial charge on any atom is 0.166 e. The van der Waals surface area contributed by atoms with Gasteiger partial charge in [-0.25, -0.2) is 15.0 Å². The summed E-state index contributed by atoms with van der Waals surface area (Å²) in [5.41, 5.74) is 7.71. The molecule has 0 radical (unpaired) electrons. The quantitative estimate of drug-likeness (QED) is 0.190. The molecule has 49 heavy (non-hydrogen) atoms. The number of hydrogen-bond acceptors (Lipinski definition) is 5. The van der Waals surface area contributed by atoms with Gasteiger partial charge in [-0.3, -0.25) is 0 Å². The van der Waals surface area contributed by atoms with E-state index in [0.29, 0.717) is 22.5 Å². The molecule has 230 valence electrons. The number of furan rings is 2. The Kier molecular flexibility index (Phi) is 6.16. The van der Waals surface area contributed by atoms with Crippen molar-refractivity contribution in [3.8, 4) is 45.3 Å². The van der Waals surface area contributed by atoms with Gasteiger partial charge in [-0.1, -0.05) is 133 Å². The molecule has 3 aromatic heterocycles. The molecule has 0 aliphatic carbocycles. The number of fused-ring (bicyclic) bond motifs is 8. The lowest BCUT2D eigenvalue weighted by molar-refractivity contribution is 0.669. The standard InChI is InChI=1S/C43H24ClN3O2/c44-39-37-31-19-7-9-22-34(31)49-40(37)29-17-5-4-16-28(29)38(39)43-46-41(27-15-10-14-26(24-27)25-12-2-1-3-13-25)45-42(47-43)32-20-11-23-35-36(32)30-18-6-8-21-33(30)48-35/h1-24H. The van der Waals surface area contributed by atoms with Crippen molar-refractivity contribution in [1.82, 2.24) is 15.0 Å². The fourth-order valence-corrected chi connectivity index (χ4v) is 7.35. The van der Waals surface area contributed by atoms with E-state index in [1.165, 1.54) is 0 Å². The highest BCUT2D eigenvalue weighted by Gasteiger charge is 2.24. The zero-order valence-electron chi connectivity index (χ0n) is 25.9. The van der Waals surface area contributed by atoms with E-state index in [-0.39, 0.29) is 0 Å². The van der Waals surface area contributed by atoms with Crippen molar-refractivity contribution in [3.05, 3.63) is 151 Å². The van der Waals surface area contributed by atoms with Crippen LogP contribution in [-0.4, -0.2) is 15.0 Å². The molecule has 3 heterocycles. The van der Waals surface area contributed by atoms with Gasteiger partial charge in [0, 0.05) is 43.6 Å². The summed E-state index contributed by atoms with van der Waals surface area (Å²) in [6.07, 6.45) is 0. The Bertz CT molecular complexity index is 2910. The van der Waals surface area contributed by atoms with Crippen molar-refractivity contribution in [1.29, 1.82) is 0 Å². The predicted octanol–water partition coefficient (Wildman–Crippen LogP) is 12.1. The minimum atomic E-state index is 0.475. The number of para-hydroxylation sites is 2. The molecule has 0 atom stereocenters. The van der Waals surface area contributed by atoms with E-state index in [1.54, 1.807) is 0 Å². The fraction of sp³-hybridized carbons (Fsp3) is 0. The number of nitrogens with zero attached hydrogens (tertiary/aromatic N) is 3. The van der Waals surface area contributed by atoms with Gasteiger partial charge >= 0.3 is 0 Å². The third kappa shape index (κ3) is 4.37. The average molecular weight is 650 g/mol. The van der Waals surface area contributed by atoms with Gasteiger partial charge in [-0.2, -0.15) is 0 Å². The summed E-state index contributed by atoms with van der Waals surface area (Å²) >= 11 is 7.46. The van der Waals surface area contributed by atoms with Crippen molar-refractivity contribution < 1.29 is 8.83 Å². The first kappa shape index (κ1) is 27.8. The molecule has 0 unspecified atom stereocenters. The molecule has 0 bridgehead atoms. The van der Waals surface area contributed by atoms with E-state index in [4.69, 9.17) is 35.4 Å². The molecule has 0 saturated carbocycles. The SMILES string of the molecule is Clc1c(-c2nc(-c3cccc(-c4ccccc4)c3)nc(-c3cccc4oc5ccccc5c34)n2)c2ccccc2c2oc3ccccc3c12. The fourth-order valence-electron chi connectivity index (χ4n) is 6.98. The topological polar surface area (TPSA) is 65.0 Å². The second-order valence-electron chi connectivity index (χ2n) is 12.1. The summed E-state index contributed by atoms with van der Waals surface area (Å²) in [4.78, 5) is 15.6. The van der Waals surface area contributed by atoms with Crippen LogP contribution in [0.2, 0.25) is 5.02 Å². The minimum absolute atomic E-state index is 0.475. The van der Waals surface area contributed by atoms with Gasteiger partial charge in [0.25, 0.3) is 0 Å². The van der Waals surface area contributed by atoms with Crippen LogP contribution in [0, 0.1) is 0 Å². The molecule has 5 nitrogen and oxygen atoms in total. The maximum atomic E-state index is 7.46. The summed E-state index contributed by atoms with van der Waals surface area (Å²) in [7, 11) is 0. The monoisotopic (exact) mass is 649 g/mol. The summed E-state index contributed by atoms with van der Waals surface area (Å²) in [5, 5.41) is 6.09. The Hall–Kier alpha value is -6.30. The van der Waals surface area contributed by atoms with Gasteiger partial charge in [0.2, 0.25) is 0 Å². The van der Waals surface area contributed by atoms with E-state index >= 15 is 0 Å². The first-order chi connectivity index (χ1) is 24.2. The van der Waals surface area contributed by atoms with E-state index in [0.717, 1.165) is 82.5 Å². The lowest BCUT2D eigenvalue weighted by Crippen LogP contribution is -2.01. The number of halogens is 1. The first-order valence-electron chi connectivity index (χ1n) is 16.1. The molecular weight excluding hydrogens is 626 g/mol. The Labute approximate surface area is 285 Å². The van der Waals surface area contributed by atoms with Crippen molar-refractivity contribution in [2.75, 3.05) is 0 Å². The van der Waals surface area contributed by atoms with Crippen LogP contribution in [0.1, 0.15) is 0 Å². The third-order valence-corrected chi connectivity index (χ3v) is 9.58. The van der Waals surface area contributed by atoms with Crippen LogP contribution in [0.3, 0.4) is 0 Å². The molecule has 0 spiro atoms. The summed E-state index contributed by atoms with van der Waals surface area (Å²) < 4.78 is 12.7.